The molecule has 1 aromatic rings. The van der Waals surface area contributed by atoms with Crippen molar-refractivity contribution < 1.29 is 4.74 Å². The predicted octanol–water partition coefficient (Wildman–Crippen LogP) is 3.27. The largest absolute Gasteiger partial charge is 0.490 e. The summed E-state index contributed by atoms with van der Waals surface area (Å²) in [5.74, 6) is 1.72. The van der Waals surface area contributed by atoms with Crippen LogP contribution in [0.2, 0.25) is 0 Å². The van der Waals surface area contributed by atoms with E-state index in [0.29, 0.717) is 12.0 Å². The molecule has 1 aliphatic heterocycles. The molecule has 70 valence electrons. The SMILES string of the molecule is Cc1ccc2c(c1)C(C)CC(C)O2. The molecule has 13 heavy (non-hydrogen) atoms. The monoisotopic (exact) mass is 176 g/mol. The molecule has 0 spiro atoms. The Bertz CT molecular complexity index is 317. The summed E-state index contributed by atoms with van der Waals surface area (Å²) in [4.78, 5) is 0. The van der Waals surface area contributed by atoms with E-state index in [4.69, 9.17) is 4.74 Å². The maximum atomic E-state index is 5.76. The molecule has 2 rings (SSSR count). The molecule has 0 aliphatic carbocycles. The molecule has 0 saturated heterocycles. The highest BCUT2D eigenvalue weighted by atomic mass is 16.5. The molecule has 0 N–H and O–H groups in total. The molecular formula is C12H16O. The third kappa shape index (κ3) is 1.55. The number of hydrogen-bond acceptors (Lipinski definition) is 1. The van der Waals surface area contributed by atoms with Crippen LogP contribution < -0.4 is 4.74 Å². The summed E-state index contributed by atoms with van der Waals surface area (Å²) in [6, 6.07) is 6.45. The van der Waals surface area contributed by atoms with Gasteiger partial charge in [0.25, 0.3) is 0 Å². The van der Waals surface area contributed by atoms with Gasteiger partial charge in [-0.3, -0.25) is 0 Å². The Morgan fingerprint density at radius 1 is 1.31 bits per heavy atom. The number of rotatable bonds is 0. The van der Waals surface area contributed by atoms with Crippen LogP contribution in [0.3, 0.4) is 0 Å². The van der Waals surface area contributed by atoms with E-state index in [0.717, 1.165) is 12.2 Å². The average Bonchev–Trinajstić information content (AvgIpc) is 2.06. The zero-order valence-corrected chi connectivity index (χ0v) is 8.50. The molecule has 0 bridgehead atoms. The number of ether oxygens (including phenoxy) is 1. The summed E-state index contributed by atoms with van der Waals surface area (Å²) in [5, 5.41) is 0. The molecule has 0 radical (unpaired) electrons. The fourth-order valence-electron chi connectivity index (χ4n) is 2.05. The fraction of sp³-hybridized carbons (Fsp3) is 0.500. The van der Waals surface area contributed by atoms with Crippen molar-refractivity contribution >= 4 is 0 Å². The first kappa shape index (κ1) is 8.61. The van der Waals surface area contributed by atoms with Crippen molar-refractivity contribution in [2.45, 2.75) is 39.2 Å². The van der Waals surface area contributed by atoms with Gasteiger partial charge in [0.1, 0.15) is 5.75 Å². The lowest BCUT2D eigenvalue weighted by Crippen LogP contribution is -2.21. The molecule has 1 aliphatic rings. The molecule has 1 heteroatoms. The van der Waals surface area contributed by atoms with Crippen LogP contribution in [0.1, 0.15) is 37.3 Å². The number of aryl methyl sites for hydroxylation is 1. The van der Waals surface area contributed by atoms with Crippen LogP contribution >= 0.6 is 0 Å². The van der Waals surface area contributed by atoms with Gasteiger partial charge in [0, 0.05) is 0 Å². The first-order valence-electron chi connectivity index (χ1n) is 4.94. The van der Waals surface area contributed by atoms with E-state index < -0.39 is 0 Å². The first-order chi connectivity index (χ1) is 6.16. The Morgan fingerprint density at radius 3 is 2.85 bits per heavy atom. The summed E-state index contributed by atoms with van der Waals surface area (Å²) >= 11 is 0. The molecule has 2 atom stereocenters. The second kappa shape index (κ2) is 3.06. The molecule has 0 aromatic heterocycles. The van der Waals surface area contributed by atoms with Gasteiger partial charge in [-0.25, -0.2) is 0 Å². The van der Waals surface area contributed by atoms with Gasteiger partial charge in [-0.05, 0) is 37.8 Å². The summed E-state index contributed by atoms with van der Waals surface area (Å²) in [6.45, 7) is 6.54. The van der Waals surface area contributed by atoms with E-state index in [-0.39, 0.29) is 0 Å². The highest BCUT2D eigenvalue weighted by Crippen LogP contribution is 2.36. The Kier molecular flexibility index (Phi) is 2.03. The van der Waals surface area contributed by atoms with Gasteiger partial charge in [-0.2, -0.15) is 0 Å². The van der Waals surface area contributed by atoms with Crippen LogP contribution in [0.25, 0.3) is 0 Å². The average molecular weight is 176 g/mol. The fourth-order valence-corrected chi connectivity index (χ4v) is 2.05. The molecular weight excluding hydrogens is 160 g/mol. The van der Waals surface area contributed by atoms with E-state index in [9.17, 15) is 0 Å². The van der Waals surface area contributed by atoms with Crippen LogP contribution in [0.15, 0.2) is 18.2 Å². The van der Waals surface area contributed by atoms with Crippen molar-refractivity contribution in [2.75, 3.05) is 0 Å². The highest BCUT2D eigenvalue weighted by Gasteiger charge is 2.21. The third-order valence-corrected chi connectivity index (χ3v) is 2.71. The molecule has 1 nitrogen and oxygen atoms in total. The standard InChI is InChI=1S/C12H16O/c1-8-4-5-12-11(6-8)9(2)7-10(3)13-12/h4-6,9-10H,7H2,1-3H3. The van der Waals surface area contributed by atoms with Crippen molar-refractivity contribution in [3.63, 3.8) is 0 Å². The van der Waals surface area contributed by atoms with Gasteiger partial charge in [0.05, 0.1) is 6.10 Å². The number of fused-ring (bicyclic) bond motifs is 1. The van der Waals surface area contributed by atoms with Crippen molar-refractivity contribution in [2.24, 2.45) is 0 Å². The molecule has 1 aromatic carbocycles. The van der Waals surface area contributed by atoms with E-state index in [2.05, 4.69) is 39.0 Å². The van der Waals surface area contributed by atoms with Crippen molar-refractivity contribution in [1.29, 1.82) is 0 Å². The molecule has 0 amide bonds. The highest BCUT2D eigenvalue weighted by molar-refractivity contribution is 5.40. The van der Waals surface area contributed by atoms with E-state index in [1.807, 2.05) is 0 Å². The zero-order chi connectivity index (χ0) is 9.42. The number of hydrogen-bond donors (Lipinski definition) is 0. The minimum atomic E-state index is 0.366. The van der Waals surface area contributed by atoms with Crippen LogP contribution in [0, 0.1) is 6.92 Å². The smallest absolute Gasteiger partial charge is 0.123 e. The lowest BCUT2D eigenvalue weighted by atomic mass is 9.91. The van der Waals surface area contributed by atoms with Gasteiger partial charge in [0.2, 0.25) is 0 Å². The minimum Gasteiger partial charge on any atom is -0.490 e. The minimum absolute atomic E-state index is 0.366. The van der Waals surface area contributed by atoms with Crippen molar-refractivity contribution in [1.82, 2.24) is 0 Å². The van der Waals surface area contributed by atoms with Crippen LogP contribution in [0.4, 0.5) is 0 Å². The zero-order valence-electron chi connectivity index (χ0n) is 8.50. The topological polar surface area (TPSA) is 9.23 Å². The van der Waals surface area contributed by atoms with E-state index >= 15 is 0 Å². The van der Waals surface area contributed by atoms with Gasteiger partial charge >= 0.3 is 0 Å². The normalized spacial score (nSPS) is 26.4. The van der Waals surface area contributed by atoms with Crippen molar-refractivity contribution in [3.8, 4) is 5.75 Å². The molecule has 0 fully saturated rings. The molecule has 1 heterocycles. The Morgan fingerprint density at radius 2 is 2.08 bits per heavy atom. The van der Waals surface area contributed by atoms with Gasteiger partial charge in [-0.15, -0.1) is 0 Å². The maximum Gasteiger partial charge on any atom is 0.123 e. The van der Waals surface area contributed by atoms with Crippen molar-refractivity contribution in [3.05, 3.63) is 29.3 Å². The third-order valence-electron chi connectivity index (χ3n) is 2.71. The van der Waals surface area contributed by atoms with Crippen LogP contribution in [-0.2, 0) is 0 Å². The Labute approximate surface area is 79.7 Å². The molecule has 0 saturated carbocycles. The maximum absolute atomic E-state index is 5.76. The second-order valence-corrected chi connectivity index (χ2v) is 4.11. The Balaban J connectivity index is 2.43. The van der Waals surface area contributed by atoms with E-state index in [1.54, 1.807) is 0 Å². The lowest BCUT2D eigenvalue weighted by Gasteiger charge is -2.28. The van der Waals surface area contributed by atoms with Crippen LogP contribution in [-0.4, -0.2) is 6.10 Å². The quantitative estimate of drug-likeness (QED) is 0.589. The first-order valence-corrected chi connectivity index (χ1v) is 4.94. The summed E-state index contributed by atoms with van der Waals surface area (Å²) < 4.78 is 5.76. The van der Waals surface area contributed by atoms with Gasteiger partial charge in [-0.1, -0.05) is 24.6 Å². The van der Waals surface area contributed by atoms with Crippen LogP contribution in [0.5, 0.6) is 5.75 Å². The van der Waals surface area contributed by atoms with Gasteiger partial charge in [0.15, 0.2) is 0 Å². The summed E-state index contributed by atoms with van der Waals surface area (Å²) in [5.41, 5.74) is 2.70. The molecule has 2 unspecified atom stereocenters. The number of benzene rings is 1. The summed E-state index contributed by atoms with van der Waals surface area (Å²) in [7, 11) is 0. The van der Waals surface area contributed by atoms with Gasteiger partial charge < -0.3 is 4.74 Å². The predicted molar refractivity (Wildman–Crippen MR) is 54.3 cm³/mol. The van der Waals surface area contributed by atoms with E-state index in [1.165, 1.54) is 11.1 Å². The lowest BCUT2D eigenvalue weighted by molar-refractivity contribution is 0.179. The Hall–Kier alpha value is -0.980. The second-order valence-electron chi connectivity index (χ2n) is 4.11. The summed E-state index contributed by atoms with van der Waals surface area (Å²) in [6.07, 6.45) is 1.50.